The van der Waals surface area contributed by atoms with Crippen molar-refractivity contribution in [3.8, 4) is 0 Å². The van der Waals surface area contributed by atoms with E-state index in [-0.39, 0.29) is 0 Å². The summed E-state index contributed by atoms with van der Waals surface area (Å²) in [6, 6.07) is 7.05. The summed E-state index contributed by atoms with van der Waals surface area (Å²) in [5, 5.41) is 0. The lowest BCUT2D eigenvalue weighted by Crippen LogP contribution is -2.01. The minimum atomic E-state index is 0.432. The van der Waals surface area contributed by atoms with Gasteiger partial charge in [-0.3, -0.25) is 9.59 Å². The Hall–Kier alpha value is -2.14. The molecule has 0 aliphatic carbocycles. The van der Waals surface area contributed by atoms with E-state index < -0.39 is 0 Å². The summed E-state index contributed by atoms with van der Waals surface area (Å²) in [6.45, 7) is 0.432. The van der Waals surface area contributed by atoms with Crippen molar-refractivity contribution in [2.45, 2.75) is 6.73 Å². The monoisotopic (exact) mass is 234 g/mol. The molecular weight excluding hydrogens is 220 g/mol. The molecule has 2 aromatic heterocycles. The molecule has 0 radical (unpaired) electrons. The van der Waals surface area contributed by atoms with Gasteiger partial charge in [-0.05, 0) is 24.3 Å². The van der Waals surface area contributed by atoms with Crippen LogP contribution < -0.4 is 0 Å². The molecule has 0 aliphatic rings. The highest BCUT2D eigenvalue weighted by atomic mass is 16.5. The van der Waals surface area contributed by atoms with Gasteiger partial charge in [0.05, 0.1) is 11.4 Å². The third-order valence-corrected chi connectivity index (χ3v) is 2.00. The van der Waals surface area contributed by atoms with Crippen molar-refractivity contribution in [3.63, 3.8) is 0 Å². The molecule has 0 unspecified atom stereocenters. The Kier molecular flexibility index (Phi) is 5.46. The predicted octanol–water partition coefficient (Wildman–Crippen LogP) is 1.73. The highest BCUT2D eigenvalue weighted by Crippen LogP contribution is 1.97. The number of carbonyl (C=O) groups is 2. The smallest absolute Gasteiger partial charge is 0.166 e. The minimum Gasteiger partial charge on any atom is -0.364 e. The summed E-state index contributed by atoms with van der Waals surface area (Å²) >= 11 is 0. The Balaban J connectivity index is 0.000000181. The summed E-state index contributed by atoms with van der Waals surface area (Å²) in [5.41, 5.74) is 1.27. The molecule has 0 atom stereocenters. The van der Waals surface area contributed by atoms with Gasteiger partial charge in [0.1, 0.15) is 6.73 Å². The molecule has 0 amide bonds. The van der Waals surface area contributed by atoms with Crippen molar-refractivity contribution in [3.05, 3.63) is 48.0 Å². The van der Waals surface area contributed by atoms with Crippen molar-refractivity contribution in [2.24, 2.45) is 0 Å². The number of aromatic nitrogens is 2. The number of H-pyrrole nitrogens is 1. The third kappa shape index (κ3) is 4.08. The average molecular weight is 234 g/mol. The summed E-state index contributed by atoms with van der Waals surface area (Å²) in [4.78, 5) is 22.8. The van der Waals surface area contributed by atoms with Crippen LogP contribution in [0.3, 0.4) is 0 Å². The maximum atomic E-state index is 10.3. The van der Waals surface area contributed by atoms with Gasteiger partial charge in [-0.25, -0.2) is 0 Å². The van der Waals surface area contributed by atoms with Crippen molar-refractivity contribution < 1.29 is 14.3 Å². The largest absolute Gasteiger partial charge is 0.364 e. The predicted molar refractivity (Wildman–Crippen MR) is 63.0 cm³/mol. The zero-order valence-corrected chi connectivity index (χ0v) is 9.50. The molecule has 5 nitrogen and oxygen atoms in total. The van der Waals surface area contributed by atoms with Crippen LogP contribution in [0.25, 0.3) is 0 Å². The van der Waals surface area contributed by atoms with Gasteiger partial charge in [0.2, 0.25) is 0 Å². The van der Waals surface area contributed by atoms with Crippen LogP contribution in [0.5, 0.6) is 0 Å². The molecule has 2 rings (SSSR count). The Morgan fingerprint density at radius 2 is 2.12 bits per heavy atom. The van der Waals surface area contributed by atoms with Crippen LogP contribution in [0.15, 0.2) is 36.7 Å². The van der Waals surface area contributed by atoms with E-state index in [1.807, 2.05) is 6.07 Å². The quantitative estimate of drug-likeness (QED) is 0.819. The zero-order valence-electron chi connectivity index (χ0n) is 9.50. The Morgan fingerprint density at radius 3 is 2.59 bits per heavy atom. The Labute approximate surface area is 99.0 Å². The van der Waals surface area contributed by atoms with Gasteiger partial charge in [0.15, 0.2) is 12.6 Å². The second-order valence-electron chi connectivity index (χ2n) is 3.18. The highest BCUT2D eigenvalue weighted by molar-refractivity contribution is 5.72. The number of rotatable bonds is 4. The Morgan fingerprint density at radius 1 is 1.29 bits per heavy atom. The van der Waals surface area contributed by atoms with Gasteiger partial charge >= 0.3 is 0 Å². The number of hydrogen-bond donors (Lipinski definition) is 1. The summed E-state index contributed by atoms with van der Waals surface area (Å²) < 4.78 is 6.56. The molecule has 17 heavy (non-hydrogen) atoms. The number of ether oxygens (including phenoxy) is 1. The van der Waals surface area contributed by atoms with Crippen molar-refractivity contribution in [1.29, 1.82) is 0 Å². The van der Waals surface area contributed by atoms with Gasteiger partial charge in [0, 0.05) is 19.5 Å². The fourth-order valence-electron chi connectivity index (χ4n) is 1.21. The number of nitrogens with zero attached hydrogens (tertiary/aromatic N) is 1. The molecule has 2 aromatic rings. The van der Waals surface area contributed by atoms with Crippen LogP contribution in [-0.4, -0.2) is 29.2 Å². The number of nitrogens with one attached hydrogen (secondary N) is 1. The Bertz CT molecular complexity index is 446. The van der Waals surface area contributed by atoms with Gasteiger partial charge in [-0.1, -0.05) is 0 Å². The lowest BCUT2D eigenvalue weighted by molar-refractivity contribution is 0.107. The second-order valence-corrected chi connectivity index (χ2v) is 3.18. The molecule has 0 saturated carbocycles. The van der Waals surface area contributed by atoms with Crippen molar-refractivity contribution in [1.82, 2.24) is 9.55 Å². The number of aromatic amines is 1. The second kappa shape index (κ2) is 7.19. The first-order valence-electron chi connectivity index (χ1n) is 4.99. The van der Waals surface area contributed by atoms with Crippen LogP contribution in [0.4, 0.5) is 0 Å². The summed E-state index contributed by atoms with van der Waals surface area (Å²) in [6.07, 6.45) is 5.09. The lowest BCUT2D eigenvalue weighted by Gasteiger charge is -2.00. The van der Waals surface area contributed by atoms with Crippen LogP contribution in [0.1, 0.15) is 21.0 Å². The van der Waals surface area contributed by atoms with Gasteiger partial charge in [-0.15, -0.1) is 0 Å². The third-order valence-electron chi connectivity index (χ3n) is 2.00. The molecule has 90 valence electrons. The van der Waals surface area contributed by atoms with E-state index in [1.54, 1.807) is 42.3 Å². The summed E-state index contributed by atoms with van der Waals surface area (Å²) in [5.74, 6) is 0. The summed E-state index contributed by atoms with van der Waals surface area (Å²) in [7, 11) is 1.59. The molecule has 0 saturated heterocycles. The van der Waals surface area contributed by atoms with E-state index in [9.17, 15) is 9.59 Å². The van der Waals surface area contributed by atoms with Crippen molar-refractivity contribution in [2.75, 3.05) is 7.11 Å². The molecule has 2 heterocycles. The molecule has 0 spiro atoms. The topological polar surface area (TPSA) is 64.1 Å². The number of aldehydes is 2. The van der Waals surface area contributed by atoms with E-state index >= 15 is 0 Å². The minimum absolute atomic E-state index is 0.432. The first-order chi connectivity index (χ1) is 8.31. The van der Waals surface area contributed by atoms with E-state index in [0.29, 0.717) is 18.1 Å². The molecule has 5 heteroatoms. The number of methoxy groups -OCH3 is 1. The molecule has 1 N–H and O–H groups in total. The van der Waals surface area contributed by atoms with Crippen molar-refractivity contribution >= 4 is 12.6 Å². The number of carbonyl (C=O) groups excluding carboxylic acids is 2. The normalized spacial score (nSPS) is 9.24. The van der Waals surface area contributed by atoms with Crippen LogP contribution in [0, 0.1) is 0 Å². The van der Waals surface area contributed by atoms with Crippen LogP contribution in [-0.2, 0) is 11.5 Å². The molecule has 0 aromatic carbocycles. The molecule has 0 fully saturated rings. The lowest BCUT2D eigenvalue weighted by atomic mass is 10.5. The van der Waals surface area contributed by atoms with Crippen LogP contribution in [0.2, 0.25) is 0 Å². The van der Waals surface area contributed by atoms with Crippen LogP contribution >= 0.6 is 0 Å². The van der Waals surface area contributed by atoms with E-state index in [1.165, 1.54) is 0 Å². The van der Waals surface area contributed by atoms with Gasteiger partial charge in [-0.2, -0.15) is 0 Å². The first-order valence-corrected chi connectivity index (χ1v) is 4.99. The zero-order chi connectivity index (χ0) is 12.5. The molecule has 0 bridgehead atoms. The highest BCUT2D eigenvalue weighted by Gasteiger charge is 1.95. The van der Waals surface area contributed by atoms with Gasteiger partial charge < -0.3 is 14.3 Å². The average Bonchev–Trinajstić information content (AvgIpc) is 3.00. The number of hydrogen-bond acceptors (Lipinski definition) is 3. The first kappa shape index (κ1) is 12.9. The van der Waals surface area contributed by atoms with Gasteiger partial charge in [0.25, 0.3) is 0 Å². The maximum Gasteiger partial charge on any atom is 0.166 e. The fraction of sp³-hybridized carbons (Fsp3) is 0.167. The standard InChI is InChI=1S/C7H9NO2.C5H5NO/c1-10-6-8-4-2-3-7(8)5-9;7-4-5-2-1-3-6-5/h2-5H,6H2,1H3;1-4,6H. The molecular formula is C12H14N2O3. The van der Waals surface area contributed by atoms with E-state index in [4.69, 9.17) is 4.74 Å². The molecule has 0 aliphatic heterocycles. The van der Waals surface area contributed by atoms with E-state index in [2.05, 4.69) is 4.98 Å². The SMILES string of the molecule is COCn1cccc1C=O.O=Cc1ccc[nH]1. The maximum absolute atomic E-state index is 10.3. The fourth-order valence-corrected chi connectivity index (χ4v) is 1.21. The van der Waals surface area contributed by atoms with E-state index in [0.717, 1.165) is 12.6 Å².